The van der Waals surface area contributed by atoms with E-state index in [1.807, 2.05) is 0 Å². The molecule has 0 aromatic rings. The predicted octanol–water partition coefficient (Wildman–Crippen LogP) is 6.22. The molecule has 0 N–H and O–H groups in total. The molecule has 21 heavy (non-hydrogen) atoms. The molecule has 0 bridgehead atoms. The first-order valence-corrected chi connectivity index (χ1v) is 9.92. The van der Waals surface area contributed by atoms with Crippen molar-refractivity contribution < 1.29 is 0 Å². The Kier molecular flexibility index (Phi) is 3.92. The fraction of sp³-hybridized carbons (Fsp3) is 0.905. The Hall–Kier alpha value is -0.260. The standard InChI is InChI=1S/C21H34/c1-14-18(11-16-7-4-3-5-8-16)13-21-15(2)19-10-6-9-17(19)12-20(14)21/h15-21H,1,3-13H2,2H3. The number of hydrogen-bond donors (Lipinski definition) is 0. The Balaban J connectivity index is 1.44. The predicted molar refractivity (Wildman–Crippen MR) is 90.0 cm³/mol. The van der Waals surface area contributed by atoms with Gasteiger partial charge in [-0.15, -0.1) is 0 Å². The summed E-state index contributed by atoms with van der Waals surface area (Å²) in [5.74, 6) is 6.97. The van der Waals surface area contributed by atoms with Crippen LogP contribution in [0.3, 0.4) is 0 Å². The first-order chi connectivity index (χ1) is 10.2. The van der Waals surface area contributed by atoms with E-state index in [1.54, 1.807) is 5.57 Å². The fourth-order valence-electron chi connectivity index (χ4n) is 6.90. The molecule has 0 amide bonds. The van der Waals surface area contributed by atoms with Crippen LogP contribution in [0.4, 0.5) is 0 Å². The number of allylic oxidation sites excluding steroid dienone is 1. The van der Waals surface area contributed by atoms with E-state index in [4.69, 9.17) is 0 Å². The van der Waals surface area contributed by atoms with Gasteiger partial charge in [-0.1, -0.05) is 64.0 Å². The van der Waals surface area contributed by atoms with E-state index in [9.17, 15) is 0 Å². The molecule has 118 valence electrons. The van der Waals surface area contributed by atoms with Gasteiger partial charge in [0.25, 0.3) is 0 Å². The van der Waals surface area contributed by atoms with Crippen molar-refractivity contribution in [3.8, 4) is 0 Å². The van der Waals surface area contributed by atoms with Gasteiger partial charge >= 0.3 is 0 Å². The molecule has 0 aromatic heterocycles. The summed E-state index contributed by atoms with van der Waals surface area (Å²) in [6.07, 6.45) is 16.6. The second-order valence-corrected chi connectivity index (χ2v) is 8.97. The van der Waals surface area contributed by atoms with E-state index in [0.717, 1.165) is 41.4 Å². The Morgan fingerprint density at radius 3 is 2.52 bits per heavy atom. The van der Waals surface area contributed by atoms with Gasteiger partial charge in [-0.3, -0.25) is 0 Å². The van der Waals surface area contributed by atoms with E-state index in [1.165, 1.54) is 70.6 Å². The van der Waals surface area contributed by atoms with E-state index in [2.05, 4.69) is 13.5 Å². The van der Waals surface area contributed by atoms with Gasteiger partial charge in [0.1, 0.15) is 0 Å². The molecule has 6 unspecified atom stereocenters. The van der Waals surface area contributed by atoms with Crippen LogP contribution in [0.25, 0.3) is 0 Å². The third-order valence-electron chi connectivity index (χ3n) is 8.04. The molecule has 4 aliphatic carbocycles. The Bertz CT molecular complexity index is 389. The highest BCUT2D eigenvalue weighted by Gasteiger charge is 2.49. The third-order valence-corrected chi connectivity index (χ3v) is 8.04. The lowest BCUT2D eigenvalue weighted by atomic mass is 9.64. The number of hydrogen-bond acceptors (Lipinski definition) is 0. The minimum atomic E-state index is 0.893. The summed E-state index contributed by atoms with van der Waals surface area (Å²) < 4.78 is 0. The second kappa shape index (κ2) is 5.74. The monoisotopic (exact) mass is 286 g/mol. The van der Waals surface area contributed by atoms with Crippen molar-refractivity contribution in [2.24, 2.45) is 41.4 Å². The van der Waals surface area contributed by atoms with Crippen LogP contribution in [0.2, 0.25) is 0 Å². The van der Waals surface area contributed by atoms with E-state index < -0.39 is 0 Å². The molecule has 0 heterocycles. The van der Waals surface area contributed by atoms with Crippen molar-refractivity contribution in [2.45, 2.75) is 77.6 Å². The maximum Gasteiger partial charge on any atom is -0.0169 e. The largest absolute Gasteiger partial charge is 0.0993 e. The summed E-state index contributed by atoms with van der Waals surface area (Å²) >= 11 is 0. The lowest BCUT2D eigenvalue weighted by Crippen LogP contribution is -2.34. The zero-order valence-corrected chi connectivity index (χ0v) is 14.0. The van der Waals surface area contributed by atoms with Gasteiger partial charge in [0, 0.05) is 0 Å². The number of rotatable bonds is 2. The van der Waals surface area contributed by atoms with Crippen LogP contribution in [-0.2, 0) is 0 Å². The molecule has 0 heteroatoms. The summed E-state index contributed by atoms with van der Waals surface area (Å²) in [6.45, 7) is 7.23. The SMILES string of the molecule is C=C1C(CC2CCCCC2)CC2C1CC1CCCC1C2C. The summed E-state index contributed by atoms with van der Waals surface area (Å²) in [6, 6.07) is 0. The second-order valence-electron chi connectivity index (χ2n) is 8.97. The first kappa shape index (κ1) is 14.3. The normalized spacial score (nSPS) is 47.4. The summed E-state index contributed by atoms with van der Waals surface area (Å²) in [5.41, 5.74) is 1.70. The molecule has 4 rings (SSSR count). The van der Waals surface area contributed by atoms with Crippen LogP contribution >= 0.6 is 0 Å². The Morgan fingerprint density at radius 1 is 0.905 bits per heavy atom. The van der Waals surface area contributed by atoms with Crippen LogP contribution < -0.4 is 0 Å². The molecule has 0 nitrogen and oxygen atoms in total. The van der Waals surface area contributed by atoms with Crippen molar-refractivity contribution in [1.82, 2.24) is 0 Å². The molecule has 4 saturated carbocycles. The van der Waals surface area contributed by atoms with Gasteiger partial charge in [-0.25, -0.2) is 0 Å². The van der Waals surface area contributed by atoms with Gasteiger partial charge in [-0.2, -0.15) is 0 Å². The van der Waals surface area contributed by atoms with E-state index in [-0.39, 0.29) is 0 Å². The Morgan fingerprint density at radius 2 is 1.71 bits per heavy atom. The highest BCUT2D eigenvalue weighted by Crippen LogP contribution is 2.58. The summed E-state index contributed by atoms with van der Waals surface area (Å²) in [7, 11) is 0. The van der Waals surface area contributed by atoms with Crippen molar-refractivity contribution in [3.05, 3.63) is 12.2 Å². The quantitative estimate of drug-likeness (QED) is 0.528. The van der Waals surface area contributed by atoms with Crippen LogP contribution in [-0.4, -0.2) is 0 Å². The Labute approximate surface area is 131 Å². The molecule has 4 fully saturated rings. The lowest BCUT2D eigenvalue weighted by molar-refractivity contribution is 0.0948. The van der Waals surface area contributed by atoms with Crippen molar-refractivity contribution >= 4 is 0 Å². The third kappa shape index (κ3) is 2.51. The minimum absolute atomic E-state index is 0.893. The first-order valence-electron chi connectivity index (χ1n) is 9.92. The molecule has 0 spiro atoms. The maximum absolute atomic E-state index is 4.63. The van der Waals surface area contributed by atoms with Crippen molar-refractivity contribution in [3.63, 3.8) is 0 Å². The summed E-state index contributed by atoms with van der Waals surface area (Å²) in [4.78, 5) is 0. The van der Waals surface area contributed by atoms with Gasteiger partial charge in [0.15, 0.2) is 0 Å². The van der Waals surface area contributed by atoms with Crippen LogP contribution in [0.15, 0.2) is 12.2 Å². The lowest BCUT2D eigenvalue weighted by Gasteiger charge is -2.41. The molecular formula is C21H34. The zero-order valence-electron chi connectivity index (χ0n) is 14.0. The number of fused-ring (bicyclic) bond motifs is 2. The minimum Gasteiger partial charge on any atom is -0.0993 e. The van der Waals surface area contributed by atoms with Gasteiger partial charge in [0.05, 0.1) is 0 Å². The molecule has 4 aliphatic rings. The molecule has 6 atom stereocenters. The van der Waals surface area contributed by atoms with Gasteiger partial charge < -0.3 is 0 Å². The average molecular weight is 287 g/mol. The van der Waals surface area contributed by atoms with Crippen LogP contribution in [0.1, 0.15) is 77.6 Å². The average Bonchev–Trinajstić information content (AvgIpc) is 3.08. The highest BCUT2D eigenvalue weighted by molar-refractivity contribution is 5.18. The molecule has 0 radical (unpaired) electrons. The fourth-order valence-corrected chi connectivity index (χ4v) is 6.90. The summed E-state index contributed by atoms with van der Waals surface area (Å²) in [5, 5.41) is 0. The molecule has 0 saturated heterocycles. The van der Waals surface area contributed by atoms with Gasteiger partial charge in [0.2, 0.25) is 0 Å². The van der Waals surface area contributed by atoms with Gasteiger partial charge in [-0.05, 0) is 67.1 Å². The molecule has 0 aliphatic heterocycles. The maximum atomic E-state index is 4.63. The van der Waals surface area contributed by atoms with Crippen LogP contribution in [0.5, 0.6) is 0 Å². The topological polar surface area (TPSA) is 0 Å². The molecule has 0 aromatic carbocycles. The zero-order chi connectivity index (χ0) is 14.4. The molecular weight excluding hydrogens is 252 g/mol. The van der Waals surface area contributed by atoms with Crippen molar-refractivity contribution in [1.29, 1.82) is 0 Å². The van der Waals surface area contributed by atoms with E-state index in [0.29, 0.717) is 0 Å². The highest BCUT2D eigenvalue weighted by atomic mass is 14.5. The van der Waals surface area contributed by atoms with Crippen LogP contribution in [0, 0.1) is 41.4 Å². The van der Waals surface area contributed by atoms with Crippen molar-refractivity contribution in [2.75, 3.05) is 0 Å². The smallest absolute Gasteiger partial charge is 0.0169 e. The van der Waals surface area contributed by atoms with E-state index >= 15 is 0 Å².